The highest BCUT2D eigenvalue weighted by Gasteiger charge is 2.34. The Bertz CT molecular complexity index is 966. The van der Waals surface area contributed by atoms with Crippen LogP contribution in [0.2, 0.25) is 5.02 Å². The van der Waals surface area contributed by atoms with Gasteiger partial charge >= 0.3 is 0 Å². The van der Waals surface area contributed by atoms with Gasteiger partial charge in [-0.05, 0) is 75.0 Å². The number of carbonyl (C=O) groups is 1. The summed E-state index contributed by atoms with van der Waals surface area (Å²) in [5, 5.41) is 11.2. The first-order valence-electron chi connectivity index (χ1n) is 7.40. The molecule has 2 aromatic carbocycles. The first-order valence-corrected chi connectivity index (χ1v) is 9.36. The average Bonchev–Trinajstić information content (AvgIpc) is 3.32. The second-order valence-corrected chi connectivity index (χ2v) is 8.02. The van der Waals surface area contributed by atoms with E-state index in [4.69, 9.17) is 16.0 Å². The summed E-state index contributed by atoms with van der Waals surface area (Å²) >= 11 is 12.7. The molecule has 0 radical (unpaired) electrons. The number of phenols is 1. The molecule has 1 aliphatic carbocycles. The van der Waals surface area contributed by atoms with Gasteiger partial charge in [0.05, 0.1) is 14.5 Å². The Balaban J connectivity index is 1.93. The Hall–Kier alpha value is -1.30. The van der Waals surface area contributed by atoms with Gasteiger partial charge in [0.1, 0.15) is 17.1 Å². The molecule has 3 aromatic rings. The number of halogens is 3. The molecule has 0 spiro atoms. The molecule has 0 atom stereocenters. The number of ketones is 1. The van der Waals surface area contributed by atoms with Crippen molar-refractivity contribution in [3.63, 3.8) is 0 Å². The van der Waals surface area contributed by atoms with Crippen LogP contribution in [0.25, 0.3) is 11.0 Å². The van der Waals surface area contributed by atoms with Gasteiger partial charge < -0.3 is 9.52 Å². The van der Waals surface area contributed by atoms with Crippen LogP contribution in [0.4, 0.5) is 0 Å². The number of fused-ring (bicyclic) bond motifs is 1. The third-order valence-electron chi connectivity index (χ3n) is 4.13. The molecule has 0 unspecified atom stereocenters. The van der Waals surface area contributed by atoms with Gasteiger partial charge in [0.2, 0.25) is 0 Å². The molecule has 6 heteroatoms. The quantitative estimate of drug-likeness (QED) is 0.449. The van der Waals surface area contributed by atoms with Crippen molar-refractivity contribution in [3.8, 4) is 5.75 Å². The normalized spacial score (nSPS) is 14.3. The lowest BCUT2D eigenvalue weighted by Gasteiger charge is -2.06. The molecule has 0 aliphatic heterocycles. The van der Waals surface area contributed by atoms with Crippen molar-refractivity contribution < 1.29 is 14.3 Å². The van der Waals surface area contributed by atoms with Crippen LogP contribution in [0.5, 0.6) is 5.75 Å². The van der Waals surface area contributed by atoms with Gasteiger partial charge in [0.25, 0.3) is 0 Å². The molecule has 4 rings (SSSR count). The van der Waals surface area contributed by atoms with E-state index in [-0.39, 0.29) is 11.5 Å². The molecular formula is C18H11Br2ClO3. The van der Waals surface area contributed by atoms with Gasteiger partial charge in [-0.3, -0.25) is 4.79 Å². The molecule has 1 aliphatic rings. The van der Waals surface area contributed by atoms with E-state index in [1.807, 2.05) is 0 Å². The first-order chi connectivity index (χ1) is 11.5. The Morgan fingerprint density at radius 1 is 1.17 bits per heavy atom. The zero-order chi connectivity index (χ0) is 17.0. The first kappa shape index (κ1) is 16.2. The summed E-state index contributed by atoms with van der Waals surface area (Å²) in [7, 11) is 0. The fourth-order valence-corrected chi connectivity index (χ4v) is 4.16. The fourth-order valence-electron chi connectivity index (χ4n) is 2.80. The zero-order valence-electron chi connectivity index (χ0n) is 12.3. The van der Waals surface area contributed by atoms with Crippen LogP contribution < -0.4 is 0 Å². The van der Waals surface area contributed by atoms with E-state index in [1.165, 1.54) is 0 Å². The predicted molar refractivity (Wildman–Crippen MR) is 100 cm³/mol. The minimum atomic E-state index is -0.140. The number of carbonyl (C=O) groups excluding carboxylic acids is 1. The molecule has 0 amide bonds. The van der Waals surface area contributed by atoms with Gasteiger partial charge in [-0.15, -0.1) is 0 Å². The van der Waals surface area contributed by atoms with E-state index >= 15 is 0 Å². The molecule has 1 N–H and O–H groups in total. The van der Waals surface area contributed by atoms with Gasteiger partial charge in [-0.1, -0.05) is 11.6 Å². The molecule has 1 fully saturated rings. The summed E-state index contributed by atoms with van der Waals surface area (Å²) < 4.78 is 6.87. The molecular weight excluding hydrogens is 459 g/mol. The lowest BCUT2D eigenvalue weighted by molar-refractivity contribution is 0.103. The van der Waals surface area contributed by atoms with E-state index in [9.17, 15) is 9.90 Å². The summed E-state index contributed by atoms with van der Waals surface area (Å²) in [4.78, 5) is 13.2. The molecule has 3 nitrogen and oxygen atoms in total. The number of phenolic OH excluding ortho intramolecular Hbond substituents is 1. The maximum atomic E-state index is 13.2. The van der Waals surface area contributed by atoms with Crippen molar-refractivity contribution in [2.75, 3.05) is 0 Å². The summed E-state index contributed by atoms with van der Waals surface area (Å²) in [6, 6.07) is 8.55. The van der Waals surface area contributed by atoms with Crippen molar-refractivity contribution in [1.29, 1.82) is 0 Å². The topological polar surface area (TPSA) is 50.4 Å². The van der Waals surface area contributed by atoms with Gasteiger partial charge in [0, 0.05) is 21.9 Å². The van der Waals surface area contributed by atoms with Crippen LogP contribution in [0, 0.1) is 0 Å². The summed E-state index contributed by atoms with van der Waals surface area (Å²) in [6.45, 7) is 0. The molecule has 1 saturated carbocycles. The summed E-state index contributed by atoms with van der Waals surface area (Å²) in [6.07, 6.45) is 2.05. The van der Waals surface area contributed by atoms with Crippen molar-refractivity contribution >= 4 is 60.2 Å². The number of furan rings is 1. The second-order valence-electron chi connectivity index (χ2n) is 5.87. The third-order valence-corrected chi connectivity index (χ3v) is 5.58. The minimum Gasteiger partial charge on any atom is -0.506 e. The van der Waals surface area contributed by atoms with E-state index in [0.29, 0.717) is 36.6 Å². The molecule has 1 heterocycles. The molecule has 0 saturated heterocycles. The highest BCUT2D eigenvalue weighted by atomic mass is 79.9. The van der Waals surface area contributed by atoms with E-state index < -0.39 is 0 Å². The zero-order valence-corrected chi connectivity index (χ0v) is 16.2. The molecule has 122 valence electrons. The average molecular weight is 471 g/mol. The van der Waals surface area contributed by atoms with E-state index in [0.717, 1.165) is 24.0 Å². The largest absolute Gasteiger partial charge is 0.506 e. The van der Waals surface area contributed by atoms with Gasteiger partial charge in [-0.25, -0.2) is 0 Å². The number of rotatable bonds is 3. The van der Waals surface area contributed by atoms with E-state index in [2.05, 4.69) is 31.9 Å². The number of hydrogen-bond acceptors (Lipinski definition) is 3. The van der Waals surface area contributed by atoms with Crippen molar-refractivity contribution in [1.82, 2.24) is 0 Å². The molecule has 24 heavy (non-hydrogen) atoms. The highest BCUT2D eigenvalue weighted by molar-refractivity contribution is 9.11. The second kappa shape index (κ2) is 5.90. The molecule has 0 bridgehead atoms. The number of aromatic hydroxyl groups is 1. The lowest BCUT2D eigenvalue weighted by Crippen LogP contribution is -2.03. The fraction of sp³-hybridized carbons (Fsp3) is 0.167. The standard InChI is InChI=1S/C18H11Br2ClO3/c19-12-5-9(6-13(20)17(12)23)16(22)15-11-7-10(21)3-4-14(11)24-18(15)8-1-2-8/h3-8,23H,1-2H2. The van der Waals surface area contributed by atoms with Crippen LogP contribution in [-0.2, 0) is 0 Å². The number of benzene rings is 2. The van der Waals surface area contributed by atoms with Crippen LogP contribution >= 0.6 is 43.5 Å². The van der Waals surface area contributed by atoms with Gasteiger partial charge in [0.15, 0.2) is 5.78 Å². The highest BCUT2D eigenvalue weighted by Crippen LogP contribution is 2.46. The van der Waals surface area contributed by atoms with Crippen LogP contribution in [0.1, 0.15) is 40.4 Å². The lowest BCUT2D eigenvalue weighted by atomic mass is 9.98. The molecule has 1 aromatic heterocycles. The Morgan fingerprint density at radius 3 is 2.46 bits per heavy atom. The monoisotopic (exact) mass is 468 g/mol. The summed E-state index contributed by atoms with van der Waals surface area (Å²) in [5.41, 5.74) is 1.71. The van der Waals surface area contributed by atoms with Crippen molar-refractivity contribution in [3.05, 3.63) is 61.2 Å². The SMILES string of the molecule is O=C(c1cc(Br)c(O)c(Br)c1)c1c(C2CC2)oc2ccc(Cl)cc12. The van der Waals surface area contributed by atoms with Crippen molar-refractivity contribution in [2.24, 2.45) is 0 Å². The van der Waals surface area contributed by atoms with Crippen LogP contribution in [-0.4, -0.2) is 10.9 Å². The smallest absolute Gasteiger partial charge is 0.197 e. The van der Waals surface area contributed by atoms with E-state index in [1.54, 1.807) is 30.3 Å². The maximum absolute atomic E-state index is 13.2. The third kappa shape index (κ3) is 2.68. The van der Waals surface area contributed by atoms with Crippen LogP contribution in [0.15, 0.2) is 43.7 Å². The Morgan fingerprint density at radius 2 is 1.83 bits per heavy atom. The predicted octanol–water partition coefficient (Wildman–Crippen LogP) is 6.43. The minimum absolute atomic E-state index is 0.0639. The summed E-state index contributed by atoms with van der Waals surface area (Å²) in [5.74, 6) is 0.949. The van der Waals surface area contributed by atoms with Crippen LogP contribution in [0.3, 0.4) is 0 Å². The van der Waals surface area contributed by atoms with Gasteiger partial charge in [-0.2, -0.15) is 0 Å². The maximum Gasteiger partial charge on any atom is 0.197 e. The Kier molecular flexibility index (Phi) is 3.98. The Labute approximate surface area is 159 Å². The number of hydrogen-bond donors (Lipinski definition) is 1. The van der Waals surface area contributed by atoms with Crippen molar-refractivity contribution in [2.45, 2.75) is 18.8 Å².